The number of carbonyl (C=O) groups is 2. The van der Waals surface area contributed by atoms with Crippen LogP contribution in [0.1, 0.15) is 17.2 Å². The number of hydrogen-bond donors (Lipinski definition) is 1. The fraction of sp³-hybridized carbons (Fsp3) is 0.280. The molecule has 0 saturated carbocycles. The predicted molar refractivity (Wildman–Crippen MR) is 123 cm³/mol. The van der Waals surface area contributed by atoms with E-state index in [9.17, 15) is 14.7 Å². The van der Waals surface area contributed by atoms with Crippen molar-refractivity contribution in [3.63, 3.8) is 0 Å². The van der Waals surface area contributed by atoms with Crippen molar-refractivity contribution in [2.24, 2.45) is 0 Å². The van der Waals surface area contributed by atoms with E-state index >= 15 is 0 Å². The largest absolute Gasteiger partial charge is 0.503 e. The molecule has 0 fully saturated rings. The number of aliphatic hydroxyl groups is 1. The van der Waals surface area contributed by atoms with Gasteiger partial charge in [0.15, 0.2) is 11.5 Å². The van der Waals surface area contributed by atoms with Gasteiger partial charge in [0.05, 0.1) is 25.8 Å². The highest BCUT2D eigenvalue weighted by Gasteiger charge is 2.44. The number of ether oxygens (including phenoxy) is 2. The van der Waals surface area contributed by atoms with Crippen molar-refractivity contribution in [2.75, 3.05) is 41.4 Å². The van der Waals surface area contributed by atoms with Crippen LogP contribution in [0.3, 0.4) is 0 Å². The second kappa shape index (κ2) is 10.2. The van der Waals surface area contributed by atoms with E-state index < -0.39 is 23.5 Å². The SMILES string of the molecule is COc1ccc(OC)c(C2C(C(=O)/C=C/c3ccccc3)=C(O)C(=O)N2CCN(C)C)c1. The molecule has 32 heavy (non-hydrogen) atoms. The highest BCUT2D eigenvalue weighted by Crippen LogP contribution is 2.42. The lowest BCUT2D eigenvalue weighted by Crippen LogP contribution is -2.36. The minimum absolute atomic E-state index is 0.0208. The monoisotopic (exact) mass is 436 g/mol. The Labute approximate surface area is 188 Å². The lowest BCUT2D eigenvalue weighted by Gasteiger charge is -2.29. The Balaban J connectivity index is 2.07. The maximum absolute atomic E-state index is 13.2. The summed E-state index contributed by atoms with van der Waals surface area (Å²) in [4.78, 5) is 29.7. The number of ketones is 1. The Hall–Kier alpha value is -3.58. The molecule has 0 bridgehead atoms. The van der Waals surface area contributed by atoms with Gasteiger partial charge in [-0.2, -0.15) is 0 Å². The van der Waals surface area contributed by atoms with Gasteiger partial charge in [-0.05, 0) is 43.9 Å². The van der Waals surface area contributed by atoms with Crippen LogP contribution >= 0.6 is 0 Å². The van der Waals surface area contributed by atoms with Crippen LogP contribution in [0.25, 0.3) is 6.08 Å². The molecule has 3 rings (SSSR count). The molecule has 1 aliphatic heterocycles. The summed E-state index contributed by atoms with van der Waals surface area (Å²) >= 11 is 0. The number of nitrogens with zero attached hydrogens (tertiary/aromatic N) is 2. The van der Waals surface area contributed by atoms with Gasteiger partial charge in [0.1, 0.15) is 11.5 Å². The van der Waals surface area contributed by atoms with Gasteiger partial charge in [0.2, 0.25) is 0 Å². The molecule has 0 spiro atoms. The molecule has 0 radical (unpaired) electrons. The third-order valence-corrected chi connectivity index (χ3v) is 5.32. The predicted octanol–water partition coefficient (Wildman–Crippen LogP) is 3.24. The number of aliphatic hydroxyl groups excluding tert-OH is 1. The Kier molecular flexibility index (Phi) is 7.33. The molecule has 1 heterocycles. The van der Waals surface area contributed by atoms with E-state index in [2.05, 4.69) is 0 Å². The summed E-state index contributed by atoms with van der Waals surface area (Å²) in [7, 11) is 6.84. The van der Waals surface area contributed by atoms with Gasteiger partial charge in [-0.15, -0.1) is 0 Å². The van der Waals surface area contributed by atoms with Gasteiger partial charge in [-0.3, -0.25) is 9.59 Å². The third kappa shape index (κ3) is 4.84. The molecule has 7 nitrogen and oxygen atoms in total. The molecule has 1 N–H and O–H groups in total. The van der Waals surface area contributed by atoms with Crippen LogP contribution in [0.5, 0.6) is 11.5 Å². The molecule has 2 aromatic rings. The lowest BCUT2D eigenvalue weighted by molar-refractivity contribution is -0.129. The van der Waals surface area contributed by atoms with Gasteiger partial charge < -0.3 is 24.4 Å². The van der Waals surface area contributed by atoms with Crippen molar-refractivity contribution >= 4 is 17.8 Å². The summed E-state index contributed by atoms with van der Waals surface area (Å²) in [6, 6.07) is 13.7. The second-order valence-electron chi connectivity index (χ2n) is 7.68. The molecule has 1 amide bonds. The summed E-state index contributed by atoms with van der Waals surface area (Å²) in [5, 5.41) is 10.7. The average Bonchev–Trinajstić information content (AvgIpc) is 3.06. The smallest absolute Gasteiger partial charge is 0.290 e. The highest BCUT2D eigenvalue weighted by atomic mass is 16.5. The van der Waals surface area contributed by atoms with Crippen LogP contribution in [-0.2, 0) is 9.59 Å². The standard InChI is InChI=1S/C25H28N2O5/c1-26(2)14-15-27-23(19-16-18(31-3)11-13-21(19)32-4)22(24(29)25(27)30)20(28)12-10-17-8-6-5-7-9-17/h5-13,16,23,29H,14-15H2,1-4H3/b12-10+. The fourth-order valence-corrected chi connectivity index (χ4v) is 3.65. The Bertz CT molecular complexity index is 1040. The highest BCUT2D eigenvalue weighted by molar-refractivity contribution is 6.14. The number of hydrogen-bond acceptors (Lipinski definition) is 6. The molecular weight excluding hydrogens is 408 g/mol. The summed E-state index contributed by atoms with van der Waals surface area (Å²) in [6.07, 6.45) is 3.04. The van der Waals surface area contributed by atoms with E-state index in [1.807, 2.05) is 49.3 Å². The Morgan fingerprint density at radius 1 is 1.12 bits per heavy atom. The van der Waals surface area contributed by atoms with Crippen molar-refractivity contribution in [1.82, 2.24) is 9.80 Å². The number of benzene rings is 2. The van der Waals surface area contributed by atoms with Crippen molar-refractivity contribution in [3.8, 4) is 11.5 Å². The summed E-state index contributed by atoms with van der Waals surface area (Å²) in [5.41, 5.74) is 1.43. The van der Waals surface area contributed by atoms with Crippen LogP contribution in [0.2, 0.25) is 0 Å². The van der Waals surface area contributed by atoms with E-state index in [4.69, 9.17) is 9.47 Å². The van der Waals surface area contributed by atoms with E-state index in [-0.39, 0.29) is 5.57 Å². The first-order valence-electron chi connectivity index (χ1n) is 10.3. The Morgan fingerprint density at radius 3 is 2.47 bits per heavy atom. The van der Waals surface area contributed by atoms with Crippen molar-refractivity contribution < 1.29 is 24.2 Å². The minimum atomic E-state index is -0.805. The topological polar surface area (TPSA) is 79.3 Å². The maximum atomic E-state index is 13.2. The van der Waals surface area contributed by atoms with Gasteiger partial charge in [-0.25, -0.2) is 0 Å². The first kappa shape index (κ1) is 23.1. The quantitative estimate of drug-likeness (QED) is 0.608. The van der Waals surface area contributed by atoms with E-state index in [0.717, 1.165) is 5.56 Å². The minimum Gasteiger partial charge on any atom is -0.503 e. The molecule has 2 aromatic carbocycles. The average molecular weight is 437 g/mol. The zero-order valence-corrected chi connectivity index (χ0v) is 18.7. The lowest BCUT2D eigenvalue weighted by atomic mass is 9.94. The van der Waals surface area contributed by atoms with Gasteiger partial charge >= 0.3 is 0 Å². The molecular formula is C25H28N2O5. The number of allylic oxidation sites excluding steroid dienone is 1. The van der Waals surface area contributed by atoms with Gasteiger partial charge in [-0.1, -0.05) is 36.4 Å². The fourth-order valence-electron chi connectivity index (χ4n) is 3.65. The molecule has 1 unspecified atom stereocenters. The number of rotatable bonds is 9. The molecule has 0 aliphatic carbocycles. The van der Waals surface area contributed by atoms with Crippen LogP contribution in [0, 0.1) is 0 Å². The van der Waals surface area contributed by atoms with Crippen molar-refractivity contribution in [1.29, 1.82) is 0 Å². The van der Waals surface area contributed by atoms with Crippen molar-refractivity contribution in [3.05, 3.63) is 77.1 Å². The van der Waals surface area contributed by atoms with Crippen LogP contribution in [0.15, 0.2) is 65.9 Å². The van der Waals surface area contributed by atoms with Gasteiger partial charge in [0, 0.05) is 18.7 Å². The zero-order chi connectivity index (χ0) is 23.3. The maximum Gasteiger partial charge on any atom is 0.290 e. The third-order valence-electron chi connectivity index (χ3n) is 5.32. The molecule has 1 atom stereocenters. The van der Waals surface area contributed by atoms with Crippen LogP contribution in [-0.4, -0.2) is 68.0 Å². The first-order chi connectivity index (χ1) is 15.4. The first-order valence-corrected chi connectivity index (χ1v) is 10.3. The van der Waals surface area contributed by atoms with Crippen LogP contribution < -0.4 is 9.47 Å². The number of amides is 1. The van der Waals surface area contributed by atoms with Gasteiger partial charge in [0.25, 0.3) is 5.91 Å². The van der Waals surface area contributed by atoms with E-state index in [1.54, 1.807) is 24.3 Å². The molecule has 7 heteroatoms. The molecule has 1 aliphatic rings. The zero-order valence-electron chi connectivity index (χ0n) is 18.7. The number of likely N-dealkylation sites (N-methyl/N-ethyl adjacent to an activating group) is 1. The van der Waals surface area contributed by atoms with E-state index in [1.165, 1.54) is 25.2 Å². The summed E-state index contributed by atoms with van der Waals surface area (Å²) < 4.78 is 10.9. The molecule has 0 aromatic heterocycles. The second-order valence-corrected chi connectivity index (χ2v) is 7.68. The summed E-state index contributed by atoms with van der Waals surface area (Å²) in [6.45, 7) is 0.878. The van der Waals surface area contributed by atoms with Crippen LogP contribution in [0.4, 0.5) is 0 Å². The number of carbonyl (C=O) groups excluding carboxylic acids is 2. The van der Waals surface area contributed by atoms with Crippen molar-refractivity contribution in [2.45, 2.75) is 6.04 Å². The van der Waals surface area contributed by atoms with E-state index in [0.29, 0.717) is 30.2 Å². The number of methoxy groups -OCH3 is 2. The summed E-state index contributed by atoms with van der Waals surface area (Å²) in [5.74, 6) is -0.522. The molecule has 0 saturated heterocycles. The molecule has 168 valence electrons. The Morgan fingerprint density at radius 2 is 1.84 bits per heavy atom. The normalized spacial score (nSPS) is 16.3.